The number of carbonyl (C=O) groups is 3. The summed E-state index contributed by atoms with van der Waals surface area (Å²) in [6.07, 6.45) is -0.111. The zero-order valence-corrected chi connectivity index (χ0v) is 13.1. The van der Waals surface area contributed by atoms with E-state index in [4.69, 9.17) is 12.2 Å². The van der Waals surface area contributed by atoms with Crippen LogP contribution in [-0.2, 0) is 4.79 Å². The van der Waals surface area contributed by atoms with Gasteiger partial charge in [0.2, 0.25) is 0 Å². The van der Waals surface area contributed by atoms with E-state index < -0.39 is 16.5 Å². The van der Waals surface area contributed by atoms with Gasteiger partial charge in [0.15, 0.2) is 5.78 Å². The predicted octanol–water partition coefficient (Wildman–Crippen LogP) is 2.83. The third-order valence-corrected chi connectivity index (χ3v) is 4.60. The molecule has 116 valence electrons. The van der Waals surface area contributed by atoms with E-state index in [-0.39, 0.29) is 29.7 Å². The van der Waals surface area contributed by atoms with Crippen LogP contribution in [-0.4, -0.2) is 44.8 Å². The van der Waals surface area contributed by atoms with Crippen LogP contribution in [0.15, 0.2) is 30.3 Å². The van der Waals surface area contributed by atoms with Gasteiger partial charge in [-0.3, -0.25) is 4.79 Å². The fraction of sp³-hybridized carbons (Fsp3) is 0.375. The molecule has 2 atom stereocenters. The van der Waals surface area contributed by atoms with Crippen LogP contribution in [0.2, 0.25) is 0 Å². The monoisotopic (exact) mass is 320 g/mol. The van der Waals surface area contributed by atoms with Crippen molar-refractivity contribution in [3.8, 4) is 0 Å². The average molecular weight is 320 g/mol. The van der Waals surface area contributed by atoms with Crippen molar-refractivity contribution in [1.82, 2.24) is 0 Å². The molecule has 2 amide bonds. The summed E-state index contributed by atoms with van der Waals surface area (Å²) >= 11 is 5.07. The van der Waals surface area contributed by atoms with Gasteiger partial charge < -0.3 is 5.11 Å². The number of Topliss-reactive ketones (excluding diaryl/α,β-unsaturated/α-hetero) is 1. The first-order valence-corrected chi connectivity index (χ1v) is 7.57. The molecule has 6 heteroatoms. The summed E-state index contributed by atoms with van der Waals surface area (Å²) in [5.41, 5.74) is 0.414. The van der Waals surface area contributed by atoms with Crippen molar-refractivity contribution in [2.45, 2.75) is 32.2 Å². The van der Waals surface area contributed by atoms with Crippen LogP contribution in [0.5, 0.6) is 0 Å². The van der Waals surface area contributed by atoms with Crippen LogP contribution in [0.1, 0.15) is 36.5 Å². The van der Waals surface area contributed by atoms with Gasteiger partial charge in [-0.05, 0) is 6.92 Å². The maximum absolute atomic E-state index is 12.5. The van der Waals surface area contributed by atoms with E-state index in [1.54, 1.807) is 37.3 Å². The molecule has 1 fully saturated rings. The molecular formula is C16H18NO4S+. The number of hydrogen-bond acceptors (Lipinski definition) is 4. The van der Waals surface area contributed by atoms with Crippen LogP contribution in [0, 0.1) is 0 Å². The minimum Gasteiger partial charge on any atom is -0.435 e. The molecule has 1 unspecified atom stereocenters. The zero-order chi connectivity index (χ0) is 16.3. The Morgan fingerprint density at radius 1 is 1.27 bits per heavy atom. The minimum absolute atomic E-state index is 0.0333. The fourth-order valence-electron chi connectivity index (χ4n) is 2.95. The normalized spacial score (nSPS) is 24.0. The second-order valence-electron chi connectivity index (χ2n) is 5.56. The summed E-state index contributed by atoms with van der Waals surface area (Å²) in [6.45, 7) is 2.01. The molecule has 1 N–H and O–H groups in total. The summed E-state index contributed by atoms with van der Waals surface area (Å²) in [5, 5.41) is 9.50. The Bertz CT molecular complexity index is 628. The number of rotatable bonds is 4. The first-order valence-electron chi connectivity index (χ1n) is 7.17. The summed E-state index contributed by atoms with van der Waals surface area (Å²) in [5.74, 6) is -0.897. The number of carbonyl (C=O) groups excluding carboxylic acids is 2. The predicted molar refractivity (Wildman–Crippen MR) is 84.8 cm³/mol. The van der Waals surface area contributed by atoms with Crippen molar-refractivity contribution in [2.24, 2.45) is 0 Å². The van der Waals surface area contributed by atoms with E-state index in [2.05, 4.69) is 0 Å². The molecule has 22 heavy (non-hydrogen) atoms. The summed E-state index contributed by atoms with van der Waals surface area (Å²) in [4.78, 5) is 36.3. The fourth-order valence-corrected chi connectivity index (χ4v) is 3.19. The van der Waals surface area contributed by atoms with Gasteiger partial charge in [-0.1, -0.05) is 42.5 Å². The van der Waals surface area contributed by atoms with Crippen molar-refractivity contribution < 1.29 is 24.0 Å². The lowest BCUT2D eigenvalue weighted by Crippen LogP contribution is -2.59. The maximum atomic E-state index is 12.5. The van der Waals surface area contributed by atoms with Crippen molar-refractivity contribution in [3.63, 3.8) is 0 Å². The van der Waals surface area contributed by atoms with E-state index in [9.17, 15) is 19.5 Å². The Kier molecular flexibility index (Phi) is 4.83. The molecule has 1 saturated heterocycles. The standard InChI is InChI=1S/C16H17NO4S/c1-11-6-5-9-17(11,16(20)21)14(18)10-13(22)15(19)12-7-3-2-4-8-12/h2-4,7-8,11H,5-6,9-10H2,1H3/p+1/t11-,17?/m1/s1. The second-order valence-corrected chi connectivity index (χ2v) is 6.05. The number of benzene rings is 1. The summed E-state index contributed by atoms with van der Waals surface area (Å²) in [7, 11) is 0. The molecular weight excluding hydrogens is 302 g/mol. The molecule has 0 aromatic heterocycles. The number of nitrogens with zero attached hydrogens (tertiary/aromatic N) is 1. The van der Waals surface area contributed by atoms with Crippen molar-refractivity contribution in [1.29, 1.82) is 0 Å². The molecule has 0 radical (unpaired) electrons. The molecule has 0 spiro atoms. The average Bonchev–Trinajstić information content (AvgIpc) is 2.90. The molecule has 1 aromatic rings. The number of imide groups is 1. The SMILES string of the molecule is C[C@@H]1CCC[N+]1(C(=O)O)C(=O)CC(=S)C(=O)c1ccccc1. The smallest absolute Gasteiger partial charge is 0.435 e. The molecule has 0 aliphatic carbocycles. The molecule has 5 nitrogen and oxygen atoms in total. The Labute approximate surface area is 134 Å². The van der Waals surface area contributed by atoms with Gasteiger partial charge in [0, 0.05) is 18.4 Å². The Balaban J connectivity index is 2.16. The molecule has 1 heterocycles. The van der Waals surface area contributed by atoms with Gasteiger partial charge in [-0.25, -0.2) is 4.79 Å². The quantitative estimate of drug-likeness (QED) is 0.525. The highest BCUT2D eigenvalue weighted by molar-refractivity contribution is 7.82. The number of carboxylic acid groups (broad SMARTS) is 1. The number of ketones is 1. The van der Waals surface area contributed by atoms with Crippen LogP contribution in [0.25, 0.3) is 0 Å². The van der Waals surface area contributed by atoms with Gasteiger partial charge in [-0.2, -0.15) is 9.28 Å². The Hall–Kier alpha value is -1.92. The lowest BCUT2D eigenvalue weighted by molar-refractivity contribution is -0.792. The van der Waals surface area contributed by atoms with E-state index >= 15 is 0 Å². The van der Waals surface area contributed by atoms with E-state index in [1.807, 2.05) is 0 Å². The third-order valence-electron chi connectivity index (χ3n) is 4.27. The lowest BCUT2D eigenvalue weighted by Gasteiger charge is -2.29. The van der Waals surface area contributed by atoms with Gasteiger partial charge in [0.1, 0.15) is 12.5 Å². The topological polar surface area (TPSA) is 71.4 Å². The minimum atomic E-state index is -1.16. The number of quaternary nitrogens is 1. The van der Waals surface area contributed by atoms with Gasteiger partial charge in [0.05, 0.1) is 11.4 Å². The Morgan fingerprint density at radius 3 is 2.41 bits per heavy atom. The highest BCUT2D eigenvalue weighted by Gasteiger charge is 2.52. The number of thiocarbonyl (C=S) groups is 1. The molecule has 1 aliphatic rings. The van der Waals surface area contributed by atoms with Crippen LogP contribution in [0.4, 0.5) is 4.79 Å². The van der Waals surface area contributed by atoms with Crippen LogP contribution in [0.3, 0.4) is 0 Å². The van der Waals surface area contributed by atoms with Crippen molar-refractivity contribution in [2.75, 3.05) is 6.54 Å². The third kappa shape index (κ3) is 2.84. The van der Waals surface area contributed by atoms with E-state index in [0.717, 1.165) is 0 Å². The number of likely N-dealkylation sites (tertiary alicyclic amines) is 1. The Morgan fingerprint density at radius 2 is 1.91 bits per heavy atom. The first kappa shape index (κ1) is 16.5. The van der Waals surface area contributed by atoms with Gasteiger partial charge in [-0.15, -0.1) is 0 Å². The first-order chi connectivity index (χ1) is 10.4. The second kappa shape index (κ2) is 6.46. The summed E-state index contributed by atoms with van der Waals surface area (Å²) in [6, 6.07) is 8.16. The van der Waals surface area contributed by atoms with Crippen molar-refractivity contribution >= 4 is 34.9 Å². The van der Waals surface area contributed by atoms with Gasteiger partial charge in [0.25, 0.3) is 0 Å². The highest BCUT2D eigenvalue weighted by Crippen LogP contribution is 2.29. The van der Waals surface area contributed by atoms with Crippen molar-refractivity contribution in [3.05, 3.63) is 35.9 Å². The van der Waals surface area contributed by atoms with E-state index in [1.165, 1.54) is 0 Å². The highest BCUT2D eigenvalue weighted by atomic mass is 32.1. The molecule has 1 aliphatic heterocycles. The van der Waals surface area contributed by atoms with Crippen LogP contribution < -0.4 is 0 Å². The van der Waals surface area contributed by atoms with Gasteiger partial charge >= 0.3 is 12.0 Å². The maximum Gasteiger partial charge on any atom is 0.521 e. The number of amides is 2. The molecule has 0 saturated carbocycles. The largest absolute Gasteiger partial charge is 0.521 e. The molecule has 1 aromatic carbocycles. The van der Waals surface area contributed by atoms with E-state index in [0.29, 0.717) is 18.4 Å². The summed E-state index contributed by atoms with van der Waals surface area (Å²) < 4.78 is -0.623. The zero-order valence-electron chi connectivity index (χ0n) is 12.3. The molecule has 0 bridgehead atoms. The lowest BCUT2D eigenvalue weighted by atomic mass is 10.1. The molecule has 2 rings (SSSR count). The van der Waals surface area contributed by atoms with Crippen LogP contribution >= 0.6 is 12.2 Å². The number of hydrogen-bond donors (Lipinski definition) is 1.